The summed E-state index contributed by atoms with van der Waals surface area (Å²) in [6, 6.07) is 4.28. The van der Waals surface area contributed by atoms with Crippen molar-refractivity contribution in [3.8, 4) is 0 Å². The van der Waals surface area contributed by atoms with Gasteiger partial charge in [0, 0.05) is 12.6 Å². The van der Waals surface area contributed by atoms with E-state index in [0.717, 1.165) is 10.2 Å². The average Bonchev–Trinajstić information content (AvgIpc) is 2.94. The van der Waals surface area contributed by atoms with Gasteiger partial charge in [-0.3, -0.25) is 4.79 Å². The standard InChI is InChI=1S/C14H16N2O4S2/c1-9-11(14(17)18)3-2-6-16(9)22(19,20)10-4-5-12-13(7-10)21-8-15-12/h4-5,7-9,11H,2-3,6H2,1H3,(H,17,18)/t9-,11-/m1/s1. The van der Waals surface area contributed by atoms with Crippen LogP contribution in [-0.4, -0.2) is 41.4 Å². The Hall–Kier alpha value is -1.51. The zero-order valence-electron chi connectivity index (χ0n) is 12.0. The van der Waals surface area contributed by atoms with Crippen molar-refractivity contribution in [2.75, 3.05) is 6.54 Å². The fraction of sp³-hybridized carbons (Fsp3) is 0.429. The molecule has 1 N–H and O–H groups in total. The molecule has 0 radical (unpaired) electrons. The molecule has 2 atom stereocenters. The van der Waals surface area contributed by atoms with E-state index in [4.69, 9.17) is 0 Å². The van der Waals surface area contributed by atoms with E-state index < -0.39 is 28.0 Å². The summed E-state index contributed by atoms with van der Waals surface area (Å²) in [6.07, 6.45) is 1.07. The minimum Gasteiger partial charge on any atom is -0.481 e. The predicted molar refractivity (Wildman–Crippen MR) is 83.3 cm³/mol. The fourth-order valence-corrected chi connectivity index (χ4v) is 5.44. The summed E-state index contributed by atoms with van der Waals surface area (Å²) in [5.41, 5.74) is 2.43. The molecule has 118 valence electrons. The highest BCUT2D eigenvalue weighted by Crippen LogP contribution is 2.31. The Bertz CT molecular complexity index is 815. The lowest BCUT2D eigenvalue weighted by atomic mass is 9.92. The molecule has 0 aliphatic carbocycles. The molecule has 0 spiro atoms. The number of fused-ring (bicyclic) bond motifs is 1. The van der Waals surface area contributed by atoms with Gasteiger partial charge in [-0.1, -0.05) is 0 Å². The first-order chi connectivity index (χ1) is 10.4. The number of hydrogen-bond donors (Lipinski definition) is 1. The maximum atomic E-state index is 12.8. The summed E-state index contributed by atoms with van der Waals surface area (Å²) in [7, 11) is -3.70. The minimum absolute atomic E-state index is 0.196. The number of hydrogen-bond acceptors (Lipinski definition) is 5. The lowest BCUT2D eigenvalue weighted by Crippen LogP contribution is -2.48. The topological polar surface area (TPSA) is 87.6 Å². The summed E-state index contributed by atoms with van der Waals surface area (Å²) >= 11 is 1.38. The summed E-state index contributed by atoms with van der Waals surface area (Å²) < 4.78 is 27.8. The Labute approximate surface area is 132 Å². The Balaban J connectivity index is 1.99. The van der Waals surface area contributed by atoms with Crippen LogP contribution in [0.4, 0.5) is 0 Å². The maximum absolute atomic E-state index is 12.8. The van der Waals surface area contributed by atoms with E-state index in [2.05, 4.69) is 4.98 Å². The quantitative estimate of drug-likeness (QED) is 0.925. The third-order valence-corrected chi connectivity index (χ3v) is 6.93. The molecule has 1 fully saturated rings. The van der Waals surface area contributed by atoms with Crippen LogP contribution in [0, 0.1) is 5.92 Å². The van der Waals surface area contributed by atoms with Gasteiger partial charge in [-0.05, 0) is 38.0 Å². The highest BCUT2D eigenvalue weighted by atomic mass is 32.2. The highest BCUT2D eigenvalue weighted by Gasteiger charge is 2.39. The van der Waals surface area contributed by atoms with Gasteiger partial charge in [0.25, 0.3) is 0 Å². The van der Waals surface area contributed by atoms with Crippen molar-refractivity contribution in [3.63, 3.8) is 0 Å². The molecule has 3 rings (SSSR count). The monoisotopic (exact) mass is 340 g/mol. The molecule has 0 unspecified atom stereocenters. The van der Waals surface area contributed by atoms with Crippen LogP contribution >= 0.6 is 11.3 Å². The first kappa shape index (κ1) is 15.4. The molecule has 1 aromatic heterocycles. The van der Waals surface area contributed by atoms with E-state index in [-0.39, 0.29) is 4.90 Å². The van der Waals surface area contributed by atoms with Crippen LogP contribution in [0.1, 0.15) is 19.8 Å². The number of nitrogens with zero attached hydrogens (tertiary/aromatic N) is 2. The maximum Gasteiger partial charge on any atom is 0.308 e. The number of carboxylic acid groups (broad SMARTS) is 1. The van der Waals surface area contributed by atoms with E-state index in [9.17, 15) is 18.3 Å². The van der Waals surface area contributed by atoms with Gasteiger partial charge in [0.1, 0.15) is 0 Å². The van der Waals surface area contributed by atoms with Crippen LogP contribution in [0.3, 0.4) is 0 Å². The molecular weight excluding hydrogens is 324 g/mol. The van der Waals surface area contributed by atoms with Crippen LogP contribution in [0.25, 0.3) is 10.2 Å². The molecule has 1 saturated heterocycles. The molecule has 2 aromatic rings. The molecule has 1 aliphatic rings. The molecule has 1 aliphatic heterocycles. The van der Waals surface area contributed by atoms with Crippen molar-refractivity contribution in [1.29, 1.82) is 0 Å². The molecule has 22 heavy (non-hydrogen) atoms. The number of thiazole rings is 1. The summed E-state index contributed by atoms with van der Waals surface area (Å²) in [5, 5.41) is 9.25. The third kappa shape index (κ3) is 2.51. The number of piperidine rings is 1. The Morgan fingerprint density at radius 3 is 2.95 bits per heavy atom. The largest absolute Gasteiger partial charge is 0.481 e. The fourth-order valence-electron chi connectivity index (χ4n) is 2.91. The number of carboxylic acids is 1. The van der Waals surface area contributed by atoms with Crippen LogP contribution < -0.4 is 0 Å². The smallest absolute Gasteiger partial charge is 0.308 e. The van der Waals surface area contributed by atoms with E-state index in [1.165, 1.54) is 21.7 Å². The Morgan fingerprint density at radius 2 is 2.23 bits per heavy atom. The van der Waals surface area contributed by atoms with Gasteiger partial charge in [0.2, 0.25) is 10.0 Å². The van der Waals surface area contributed by atoms with Crippen LogP contribution in [-0.2, 0) is 14.8 Å². The number of rotatable bonds is 3. The van der Waals surface area contributed by atoms with E-state index >= 15 is 0 Å². The van der Waals surface area contributed by atoms with Crippen LogP contribution in [0.15, 0.2) is 28.6 Å². The molecule has 1 aromatic carbocycles. The molecule has 2 heterocycles. The molecule has 8 heteroatoms. The lowest BCUT2D eigenvalue weighted by molar-refractivity contribution is -0.144. The first-order valence-corrected chi connectivity index (χ1v) is 9.31. The third-order valence-electron chi connectivity index (χ3n) is 4.16. The van der Waals surface area contributed by atoms with Gasteiger partial charge < -0.3 is 5.11 Å². The summed E-state index contributed by atoms with van der Waals surface area (Å²) in [6.45, 7) is 2.02. The average molecular weight is 340 g/mol. The Morgan fingerprint density at radius 1 is 1.45 bits per heavy atom. The van der Waals surface area contributed by atoms with Crippen molar-refractivity contribution < 1.29 is 18.3 Å². The summed E-state index contributed by atoms with van der Waals surface area (Å²) in [5.74, 6) is -1.60. The lowest BCUT2D eigenvalue weighted by Gasteiger charge is -2.36. The molecule has 0 saturated carbocycles. The predicted octanol–water partition coefficient (Wildman–Crippen LogP) is 2.17. The first-order valence-electron chi connectivity index (χ1n) is 6.99. The molecule has 6 nitrogen and oxygen atoms in total. The second-order valence-electron chi connectivity index (χ2n) is 5.43. The zero-order valence-corrected chi connectivity index (χ0v) is 13.6. The number of benzene rings is 1. The van der Waals surface area contributed by atoms with Crippen LogP contribution in [0.5, 0.6) is 0 Å². The molecule has 0 bridgehead atoms. The number of aliphatic carboxylic acids is 1. The van der Waals surface area contributed by atoms with Crippen molar-refractivity contribution in [3.05, 3.63) is 23.7 Å². The number of carbonyl (C=O) groups is 1. The van der Waals surface area contributed by atoms with Crippen molar-refractivity contribution in [1.82, 2.24) is 9.29 Å². The highest BCUT2D eigenvalue weighted by molar-refractivity contribution is 7.89. The van der Waals surface area contributed by atoms with Crippen molar-refractivity contribution in [2.24, 2.45) is 5.92 Å². The zero-order chi connectivity index (χ0) is 15.9. The van der Waals surface area contributed by atoms with E-state index in [1.807, 2.05) is 0 Å². The van der Waals surface area contributed by atoms with Gasteiger partial charge in [-0.25, -0.2) is 13.4 Å². The minimum atomic E-state index is -3.70. The SMILES string of the molecule is C[C@@H]1[C@H](C(=O)O)CCCN1S(=O)(=O)c1ccc2ncsc2c1. The van der Waals surface area contributed by atoms with Crippen molar-refractivity contribution in [2.45, 2.75) is 30.7 Å². The number of sulfonamides is 1. The second kappa shape index (κ2) is 5.60. The Kier molecular flexibility index (Phi) is 3.92. The van der Waals surface area contributed by atoms with Crippen LogP contribution in [0.2, 0.25) is 0 Å². The second-order valence-corrected chi connectivity index (χ2v) is 8.20. The molecule has 0 amide bonds. The summed E-state index contributed by atoms with van der Waals surface area (Å²) in [4.78, 5) is 15.6. The van der Waals surface area contributed by atoms with Gasteiger partial charge in [0.15, 0.2) is 0 Å². The van der Waals surface area contributed by atoms with E-state index in [0.29, 0.717) is 19.4 Å². The van der Waals surface area contributed by atoms with Gasteiger partial charge >= 0.3 is 5.97 Å². The molecular formula is C14H16N2O4S2. The van der Waals surface area contributed by atoms with Crippen molar-refractivity contribution >= 4 is 37.5 Å². The van der Waals surface area contributed by atoms with E-state index in [1.54, 1.807) is 24.6 Å². The van der Waals surface area contributed by atoms with Gasteiger partial charge in [-0.15, -0.1) is 11.3 Å². The van der Waals surface area contributed by atoms with Gasteiger partial charge in [-0.2, -0.15) is 4.31 Å². The van der Waals surface area contributed by atoms with Gasteiger partial charge in [0.05, 0.1) is 26.5 Å². The number of aromatic nitrogens is 1. The normalized spacial score (nSPS) is 23.7.